The molecule has 0 unspecified atom stereocenters. The second kappa shape index (κ2) is 10.4. The summed E-state index contributed by atoms with van der Waals surface area (Å²) in [5.74, 6) is 0.992. The van der Waals surface area contributed by atoms with Crippen molar-refractivity contribution in [2.45, 2.75) is 19.4 Å². The standard InChI is InChI=1S/C24H29N3O3/c28-24(5-3-20-2-4-23-22(18-20)8-15-30-23)27(19-21-6-9-25-10-7-21)12-1-11-26-13-16-29-17-14-26/h2-7,9-10,18H,1,8,11-17,19H2/b5-3+. The van der Waals surface area contributed by atoms with E-state index in [9.17, 15) is 4.79 Å². The zero-order chi connectivity index (χ0) is 20.6. The fourth-order valence-corrected chi connectivity index (χ4v) is 3.87. The molecule has 0 bridgehead atoms. The van der Waals surface area contributed by atoms with Gasteiger partial charge in [0.25, 0.3) is 0 Å². The third-order valence-electron chi connectivity index (χ3n) is 5.57. The SMILES string of the molecule is O=C(/C=C/c1ccc2c(c1)CCO2)N(CCCN1CCOCC1)Cc1ccncc1. The molecule has 0 radical (unpaired) electrons. The number of carbonyl (C=O) groups is 1. The van der Waals surface area contributed by atoms with Crippen LogP contribution >= 0.6 is 0 Å². The monoisotopic (exact) mass is 407 g/mol. The molecule has 30 heavy (non-hydrogen) atoms. The summed E-state index contributed by atoms with van der Waals surface area (Å²) < 4.78 is 11.0. The summed E-state index contributed by atoms with van der Waals surface area (Å²) in [7, 11) is 0. The van der Waals surface area contributed by atoms with Crippen LogP contribution in [-0.2, 0) is 22.5 Å². The summed E-state index contributed by atoms with van der Waals surface area (Å²) in [6.07, 6.45) is 9.01. The number of fused-ring (bicyclic) bond motifs is 1. The quantitative estimate of drug-likeness (QED) is 0.630. The Morgan fingerprint density at radius 3 is 2.80 bits per heavy atom. The van der Waals surface area contributed by atoms with E-state index in [1.165, 1.54) is 5.56 Å². The first-order chi connectivity index (χ1) is 14.8. The summed E-state index contributed by atoms with van der Waals surface area (Å²) in [6, 6.07) is 10.0. The Morgan fingerprint density at radius 2 is 1.97 bits per heavy atom. The van der Waals surface area contributed by atoms with Crippen LogP contribution < -0.4 is 4.74 Å². The van der Waals surface area contributed by atoms with E-state index in [1.807, 2.05) is 35.2 Å². The van der Waals surface area contributed by atoms with Gasteiger partial charge in [-0.1, -0.05) is 6.07 Å². The molecule has 158 valence electrons. The number of ether oxygens (including phenoxy) is 2. The topological polar surface area (TPSA) is 54.9 Å². The van der Waals surface area contributed by atoms with Gasteiger partial charge in [0.2, 0.25) is 5.91 Å². The van der Waals surface area contributed by atoms with Gasteiger partial charge in [-0.05, 0) is 53.5 Å². The largest absolute Gasteiger partial charge is 0.493 e. The average molecular weight is 408 g/mol. The molecule has 6 heteroatoms. The van der Waals surface area contributed by atoms with E-state index < -0.39 is 0 Å². The van der Waals surface area contributed by atoms with Crippen LogP contribution in [0.25, 0.3) is 6.08 Å². The first-order valence-corrected chi connectivity index (χ1v) is 10.7. The van der Waals surface area contributed by atoms with Gasteiger partial charge in [-0.3, -0.25) is 14.7 Å². The van der Waals surface area contributed by atoms with Crippen molar-refractivity contribution in [2.24, 2.45) is 0 Å². The van der Waals surface area contributed by atoms with E-state index in [2.05, 4.69) is 16.0 Å². The fourth-order valence-electron chi connectivity index (χ4n) is 3.87. The number of pyridine rings is 1. The van der Waals surface area contributed by atoms with Gasteiger partial charge in [0.15, 0.2) is 0 Å². The highest BCUT2D eigenvalue weighted by molar-refractivity contribution is 5.91. The van der Waals surface area contributed by atoms with Crippen molar-refractivity contribution in [2.75, 3.05) is 46.0 Å². The molecule has 1 fully saturated rings. The van der Waals surface area contributed by atoms with E-state index in [1.54, 1.807) is 18.5 Å². The highest BCUT2D eigenvalue weighted by atomic mass is 16.5. The minimum absolute atomic E-state index is 0.0329. The van der Waals surface area contributed by atoms with Crippen LogP contribution in [0.2, 0.25) is 0 Å². The van der Waals surface area contributed by atoms with Gasteiger partial charge < -0.3 is 14.4 Å². The number of rotatable bonds is 8. The van der Waals surface area contributed by atoms with E-state index >= 15 is 0 Å². The Kier molecular flexibility index (Phi) is 7.11. The lowest BCUT2D eigenvalue weighted by Gasteiger charge is -2.28. The first kappa shape index (κ1) is 20.6. The average Bonchev–Trinajstić information content (AvgIpc) is 3.26. The second-order valence-corrected chi connectivity index (χ2v) is 7.72. The Bertz CT molecular complexity index is 863. The predicted molar refractivity (Wildman–Crippen MR) is 116 cm³/mol. The predicted octanol–water partition coefficient (Wildman–Crippen LogP) is 2.78. The first-order valence-electron chi connectivity index (χ1n) is 10.7. The summed E-state index contributed by atoms with van der Waals surface area (Å²) in [4.78, 5) is 21.4. The molecule has 2 aliphatic heterocycles. The molecular formula is C24H29N3O3. The lowest BCUT2D eigenvalue weighted by atomic mass is 10.1. The van der Waals surface area contributed by atoms with Crippen molar-refractivity contribution in [3.8, 4) is 5.75 Å². The van der Waals surface area contributed by atoms with E-state index in [0.29, 0.717) is 6.54 Å². The maximum atomic E-state index is 13.0. The molecule has 4 rings (SSSR count). The van der Waals surface area contributed by atoms with Crippen LogP contribution in [0.15, 0.2) is 48.8 Å². The van der Waals surface area contributed by atoms with Crippen LogP contribution in [-0.4, -0.2) is 66.7 Å². The zero-order valence-electron chi connectivity index (χ0n) is 17.3. The molecule has 0 N–H and O–H groups in total. The van der Waals surface area contributed by atoms with Gasteiger partial charge in [-0.15, -0.1) is 0 Å². The lowest BCUT2D eigenvalue weighted by molar-refractivity contribution is -0.126. The van der Waals surface area contributed by atoms with Crippen molar-refractivity contribution in [3.63, 3.8) is 0 Å². The number of amides is 1. The van der Waals surface area contributed by atoms with Crippen LogP contribution in [0, 0.1) is 0 Å². The van der Waals surface area contributed by atoms with Crippen LogP contribution in [0.5, 0.6) is 5.75 Å². The summed E-state index contributed by atoms with van der Waals surface area (Å²) in [6.45, 7) is 6.58. The van der Waals surface area contributed by atoms with Gasteiger partial charge in [0, 0.05) is 57.6 Å². The molecule has 0 spiro atoms. The number of carbonyl (C=O) groups excluding carboxylic acids is 1. The molecular weight excluding hydrogens is 378 g/mol. The highest BCUT2D eigenvalue weighted by Crippen LogP contribution is 2.26. The number of benzene rings is 1. The molecule has 0 atom stereocenters. The van der Waals surface area contributed by atoms with Gasteiger partial charge in [0.05, 0.1) is 19.8 Å². The second-order valence-electron chi connectivity index (χ2n) is 7.72. The highest BCUT2D eigenvalue weighted by Gasteiger charge is 2.15. The third kappa shape index (κ3) is 5.68. The molecule has 1 saturated heterocycles. The number of nitrogens with zero attached hydrogens (tertiary/aromatic N) is 3. The third-order valence-corrected chi connectivity index (χ3v) is 5.57. The lowest BCUT2D eigenvalue weighted by Crippen LogP contribution is -2.38. The van der Waals surface area contributed by atoms with E-state index in [-0.39, 0.29) is 5.91 Å². The number of morpholine rings is 1. The smallest absolute Gasteiger partial charge is 0.246 e. The molecule has 1 aromatic carbocycles. The van der Waals surface area contributed by atoms with Gasteiger partial charge >= 0.3 is 0 Å². The van der Waals surface area contributed by atoms with Crippen LogP contribution in [0.1, 0.15) is 23.1 Å². The molecule has 3 heterocycles. The summed E-state index contributed by atoms with van der Waals surface area (Å²) in [5.41, 5.74) is 3.33. The number of aromatic nitrogens is 1. The van der Waals surface area contributed by atoms with Crippen molar-refractivity contribution >= 4 is 12.0 Å². The van der Waals surface area contributed by atoms with Crippen LogP contribution in [0.3, 0.4) is 0 Å². The fraction of sp³-hybridized carbons (Fsp3) is 0.417. The van der Waals surface area contributed by atoms with Crippen molar-refractivity contribution in [1.82, 2.24) is 14.8 Å². The maximum absolute atomic E-state index is 13.0. The van der Waals surface area contributed by atoms with Gasteiger partial charge in [0.1, 0.15) is 5.75 Å². The van der Waals surface area contributed by atoms with Crippen molar-refractivity contribution < 1.29 is 14.3 Å². The van der Waals surface area contributed by atoms with Crippen molar-refractivity contribution in [3.05, 3.63) is 65.5 Å². The summed E-state index contributed by atoms with van der Waals surface area (Å²) in [5, 5.41) is 0. The molecule has 1 amide bonds. The van der Waals surface area contributed by atoms with Gasteiger partial charge in [-0.2, -0.15) is 0 Å². The number of hydrogen-bond acceptors (Lipinski definition) is 5. The molecule has 6 nitrogen and oxygen atoms in total. The Hall–Kier alpha value is -2.70. The molecule has 1 aromatic heterocycles. The van der Waals surface area contributed by atoms with E-state index in [0.717, 1.165) is 75.7 Å². The molecule has 2 aliphatic rings. The summed E-state index contributed by atoms with van der Waals surface area (Å²) >= 11 is 0. The normalized spacial score (nSPS) is 16.4. The van der Waals surface area contributed by atoms with Crippen LogP contribution in [0.4, 0.5) is 0 Å². The molecule has 0 aliphatic carbocycles. The maximum Gasteiger partial charge on any atom is 0.246 e. The molecule has 2 aromatic rings. The van der Waals surface area contributed by atoms with E-state index in [4.69, 9.17) is 9.47 Å². The molecule has 0 saturated carbocycles. The minimum atomic E-state index is 0.0329. The van der Waals surface area contributed by atoms with Gasteiger partial charge in [-0.25, -0.2) is 0 Å². The minimum Gasteiger partial charge on any atom is -0.493 e. The zero-order valence-corrected chi connectivity index (χ0v) is 17.3. The number of hydrogen-bond donors (Lipinski definition) is 0. The Labute approximate surface area is 178 Å². The Balaban J connectivity index is 1.38. The van der Waals surface area contributed by atoms with Crippen molar-refractivity contribution in [1.29, 1.82) is 0 Å². The Morgan fingerprint density at radius 1 is 1.13 bits per heavy atom.